The summed E-state index contributed by atoms with van der Waals surface area (Å²) in [6.07, 6.45) is -0.623. The fraction of sp³-hybridized carbons (Fsp3) is 0.176. The van der Waals surface area contributed by atoms with Gasteiger partial charge in [-0.1, -0.05) is 29.5 Å². The largest absolute Gasteiger partial charge is 0.481 e. The van der Waals surface area contributed by atoms with Gasteiger partial charge in [0.15, 0.2) is 6.10 Å². The van der Waals surface area contributed by atoms with Crippen molar-refractivity contribution in [1.29, 1.82) is 0 Å². The molecule has 0 bridgehead atoms. The van der Waals surface area contributed by atoms with Crippen molar-refractivity contribution in [3.05, 3.63) is 58.2 Å². The van der Waals surface area contributed by atoms with Crippen molar-refractivity contribution < 1.29 is 9.53 Å². The van der Waals surface area contributed by atoms with E-state index in [2.05, 4.69) is 5.32 Å². The molecular weight excluding hydrogens is 312 g/mol. The van der Waals surface area contributed by atoms with Crippen molar-refractivity contribution in [2.24, 2.45) is 7.05 Å². The number of hydrogen-bond acceptors (Lipinski definition) is 4. The number of hydrogen-bond donors (Lipinski definition) is 1. The number of thiazole rings is 1. The molecule has 0 fully saturated rings. The van der Waals surface area contributed by atoms with E-state index in [1.54, 1.807) is 42.8 Å². The van der Waals surface area contributed by atoms with Crippen LogP contribution in [0.4, 0.5) is 5.69 Å². The molecule has 0 saturated heterocycles. The summed E-state index contributed by atoms with van der Waals surface area (Å²) in [4.78, 5) is 23.9. The number of nitrogens with zero attached hydrogens (tertiary/aromatic N) is 1. The molecule has 1 amide bonds. The number of para-hydroxylation sites is 1. The van der Waals surface area contributed by atoms with E-state index in [1.165, 1.54) is 0 Å². The Morgan fingerprint density at radius 3 is 2.70 bits per heavy atom. The molecule has 0 aliphatic carbocycles. The van der Waals surface area contributed by atoms with Crippen molar-refractivity contribution in [2.75, 3.05) is 5.32 Å². The number of rotatable bonds is 4. The van der Waals surface area contributed by atoms with E-state index in [9.17, 15) is 9.59 Å². The minimum absolute atomic E-state index is 0.0238. The molecule has 2 aromatic carbocycles. The van der Waals surface area contributed by atoms with Crippen molar-refractivity contribution in [1.82, 2.24) is 4.57 Å². The molecule has 0 saturated carbocycles. The van der Waals surface area contributed by atoms with Crippen LogP contribution in [0.5, 0.6) is 5.75 Å². The first-order valence-electron chi connectivity index (χ1n) is 7.17. The van der Waals surface area contributed by atoms with Crippen molar-refractivity contribution >= 4 is 33.1 Å². The van der Waals surface area contributed by atoms with Crippen molar-refractivity contribution in [2.45, 2.75) is 13.0 Å². The molecule has 5 nitrogen and oxygen atoms in total. The highest BCUT2D eigenvalue weighted by molar-refractivity contribution is 7.16. The second-order valence-corrected chi connectivity index (χ2v) is 6.17. The summed E-state index contributed by atoms with van der Waals surface area (Å²) in [6.45, 7) is 1.70. The molecule has 23 heavy (non-hydrogen) atoms. The van der Waals surface area contributed by atoms with Crippen LogP contribution < -0.4 is 14.9 Å². The van der Waals surface area contributed by atoms with Gasteiger partial charge in [-0.05, 0) is 37.3 Å². The molecule has 3 rings (SSSR count). The van der Waals surface area contributed by atoms with E-state index in [-0.39, 0.29) is 10.8 Å². The first-order valence-corrected chi connectivity index (χ1v) is 7.98. The van der Waals surface area contributed by atoms with Crippen LogP contribution in [-0.2, 0) is 11.8 Å². The van der Waals surface area contributed by atoms with Gasteiger partial charge in [0.2, 0.25) is 0 Å². The van der Waals surface area contributed by atoms with Crippen LogP contribution in [0.25, 0.3) is 10.2 Å². The van der Waals surface area contributed by atoms with Gasteiger partial charge in [0.25, 0.3) is 5.91 Å². The number of aromatic nitrogens is 1. The lowest BCUT2D eigenvalue weighted by atomic mass is 10.2. The van der Waals surface area contributed by atoms with Gasteiger partial charge < -0.3 is 14.6 Å². The number of carbonyl (C=O) groups is 1. The summed E-state index contributed by atoms with van der Waals surface area (Å²) >= 11 is 1.16. The molecule has 0 spiro atoms. The van der Waals surface area contributed by atoms with E-state index in [0.29, 0.717) is 11.4 Å². The van der Waals surface area contributed by atoms with Crippen LogP contribution >= 0.6 is 11.3 Å². The lowest BCUT2D eigenvalue weighted by molar-refractivity contribution is -0.122. The van der Waals surface area contributed by atoms with Crippen LogP contribution in [0.3, 0.4) is 0 Å². The van der Waals surface area contributed by atoms with Crippen LogP contribution in [-0.4, -0.2) is 16.6 Å². The van der Waals surface area contributed by atoms with Gasteiger partial charge in [-0.3, -0.25) is 9.59 Å². The molecule has 118 valence electrons. The predicted molar refractivity (Wildman–Crippen MR) is 92.2 cm³/mol. The summed E-state index contributed by atoms with van der Waals surface area (Å²) in [5.74, 6) is 0.406. The minimum Gasteiger partial charge on any atom is -0.481 e. The average Bonchev–Trinajstić information content (AvgIpc) is 2.82. The topological polar surface area (TPSA) is 60.3 Å². The van der Waals surface area contributed by atoms with E-state index >= 15 is 0 Å². The SMILES string of the molecule is CC(Oc1ccccc1)C(=O)Nc1ccc2c(c1)sc(=O)n2C. The molecular formula is C17H16N2O3S. The van der Waals surface area contributed by atoms with Gasteiger partial charge in [0.1, 0.15) is 5.75 Å². The van der Waals surface area contributed by atoms with Gasteiger partial charge in [-0.2, -0.15) is 0 Å². The third kappa shape index (κ3) is 3.27. The number of ether oxygens (including phenoxy) is 1. The summed E-state index contributed by atoms with van der Waals surface area (Å²) in [7, 11) is 1.73. The maximum absolute atomic E-state index is 12.2. The Labute approximate surface area is 137 Å². The standard InChI is InChI=1S/C17H16N2O3S/c1-11(22-13-6-4-3-5-7-13)16(20)18-12-8-9-14-15(10-12)23-17(21)19(14)2/h3-11H,1-2H3,(H,18,20). The van der Waals surface area contributed by atoms with Gasteiger partial charge >= 0.3 is 4.87 Å². The van der Waals surface area contributed by atoms with E-state index in [0.717, 1.165) is 21.6 Å². The molecule has 0 aliphatic heterocycles. The van der Waals surface area contributed by atoms with Gasteiger partial charge in [0, 0.05) is 12.7 Å². The Kier molecular flexibility index (Phi) is 4.16. The van der Waals surface area contributed by atoms with Crippen LogP contribution in [0.15, 0.2) is 53.3 Å². The summed E-state index contributed by atoms with van der Waals surface area (Å²) < 4.78 is 8.03. The zero-order chi connectivity index (χ0) is 16.4. The Bertz CT molecular complexity index is 899. The molecule has 3 aromatic rings. The van der Waals surface area contributed by atoms with Crippen LogP contribution in [0, 0.1) is 0 Å². The Hall–Kier alpha value is -2.60. The normalized spacial score (nSPS) is 12.1. The monoisotopic (exact) mass is 328 g/mol. The predicted octanol–water partition coefficient (Wildman–Crippen LogP) is 3.01. The molecule has 1 aromatic heterocycles. The Balaban J connectivity index is 1.73. The fourth-order valence-corrected chi connectivity index (χ4v) is 3.13. The zero-order valence-corrected chi connectivity index (χ0v) is 13.6. The molecule has 1 unspecified atom stereocenters. The summed E-state index contributed by atoms with van der Waals surface area (Å²) in [6, 6.07) is 14.6. The lowest BCUT2D eigenvalue weighted by Crippen LogP contribution is -2.30. The maximum atomic E-state index is 12.2. The smallest absolute Gasteiger partial charge is 0.307 e. The maximum Gasteiger partial charge on any atom is 0.307 e. The fourth-order valence-electron chi connectivity index (χ4n) is 2.21. The number of amides is 1. The average molecular weight is 328 g/mol. The Morgan fingerprint density at radius 1 is 1.22 bits per heavy atom. The molecule has 1 atom stereocenters. The van der Waals surface area contributed by atoms with Gasteiger partial charge in [-0.15, -0.1) is 0 Å². The third-order valence-corrected chi connectivity index (χ3v) is 4.48. The van der Waals surface area contributed by atoms with E-state index < -0.39 is 6.10 Å². The van der Waals surface area contributed by atoms with Crippen LogP contribution in [0.1, 0.15) is 6.92 Å². The van der Waals surface area contributed by atoms with E-state index in [4.69, 9.17) is 4.74 Å². The molecule has 1 N–H and O–H groups in total. The number of fused-ring (bicyclic) bond motifs is 1. The van der Waals surface area contributed by atoms with E-state index in [1.807, 2.05) is 24.3 Å². The van der Waals surface area contributed by atoms with Gasteiger partial charge in [0.05, 0.1) is 10.2 Å². The highest BCUT2D eigenvalue weighted by Gasteiger charge is 2.15. The quantitative estimate of drug-likeness (QED) is 0.801. The second-order valence-electron chi connectivity index (χ2n) is 5.17. The van der Waals surface area contributed by atoms with Gasteiger partial charge in [-0.25, -0.2) is 0 Å². The molecule has 0 aliphatic rings. The second kappa shape index (κ2) is 6.26. The highest BCUT2D eigenvalue weighted by atomic mass is 32.1. The lowest BCUT2D eigenvalue weighted by Gasteiger charge is -2.14. The molecule has 0 radical (unpaired) electrons. The first-order chi connectivity index (χ1) is 11.0. The molecule has 1 heterocycles. The van der Waals surface area contributed by atoms with Crippen molar-refractivity contribution in [3.8, 4) is 5.75 Å². The zero-order valence-electron chi connectivity index (χ0n) is 12.8. The highest BCUT2D eigenvalue weighted by Crippen LogP contribution is 2.21. The number of anilines is 1. The first kappa shape index (κ1) is 15.3. The summed E-state index contributed by atoms with van der Waals surface area (Å²) in [5, 5.41) is 2.81. The number of aryl methyl sites for hydroxylation is 1. The number of benzene rings is 2. The third-order valence-electron chi connectivity index (χ3n) is 3.49. The van der Waals surface area contributed by atoms with Crippen LogP contribution in [0.2, 0.25) is 0 Å². The summed E-state index contributed by atoms with van der Waals surface area (Å²) in [5.41, 5.74) is 1.50. The Morgan fingerprint density at radius 2 is 1.96 bits per heavy atom. The number of nitrogens with one attached hydrogen (secondary N) is 1. The minimum atomic E-state index is -0.623. The number of carbonyl (C=O) groups excluding carboxylic acids is 1. The van der Waals surface area contributed by atoms with Crippen molar-refractivity contribution in [3.63, 3.8) is 0 Å². The molecule has 6 heteroatoms.